The molecule has 0 saturated heterocycles. The van der Waals surface area contributed by atoms with E-state index in [2.05, 4.69) is 187 Å². The van der Waals surface area contributed by atoms with Crippen LogP contribution in [0.4, 0.5) is 0 Å². The summed E-state index contributed by atoms with van der Waals surface area (Å²) < 4.78 is 4.98. The Balaban J connectivity index is 1.08. The van der Waals surface area contributed by atoms with Crippen LogP contribution in [0.5, 0.6) is 0 Å². The first-order valence-electron chi connectivity index (χ1n) is 20.8. The molecule has 12 rings (SSSR count). The highest BCUT2D eigenvalue weighted by molar-refractivity contribution is 7.25. The number of benzene rings is 9. The Hall–Kier alpha value is -7.99. The Kier molecular flexibility index (Phi) is 8.65. The molecule has 0 fully saturated rings. The third-order valence-corrected chi connectivity index (χ3v) is 13.0. The van der Waals surface area contributed by atoms with Gasteiger partial charge in [-0.05, 0) is 81.9 Å². The largest absolute Gasteiger partial charge is 0.309 e. The van der Waals surface area contributed by atoms with Gasteiger partial charge >= 0.3 is 0 Å². The molecule has 0 amide bonds. The number of thiophene rings is 1. The topological polar surface area (TPSA) is 43.6 Å². The van der Waals surface area contributed by atoms with Crippen molar-refractivity contribution in [3.8, 4) is 73.2 Å². The van der Waals surface area contributed by atoms with Crippen molar-refractivity contribution in [3.63, 3.8) is 0 Å². The first-order valence-corrected chi connectivity index (χ1v) is 21.7. The predicted molar refractivity (Wildman–Crippen MR) is 260 cm³/mol. The minimum absolute atomic E-state index is 0.614. The number of hydrogen-bond donors (Lipinski definition) is 0. The molecule has 0 atom stereocenters. The molecule has 4 nitrogen and oxygen atoms in total. The predicted octanol–water partition coefficient (Wildman–Crippen LogP) is 15.3. The van der Waals surface area contributed by atoms with E-state index in [1.165, 1.54) is 47.6 Å². The zero-order valence-corrected chi connectivity index (χ0v) is 34.3. The molecule has 5 heteroatoms. The molecule has 3 aromatic heterocycles. The highest BCUT2D eigenvalue weighted by Gasteiger charge is 2.19. The molecule has 0 saturated carbocycles. The molecule has 0 aliphatic carbocycles. The fourth-order valence-corrected chi connectivity index (χ4v) is 9.92. The van der Waals surface area contributed by atoms with Crippen LogP contribution in [0.1, 0.15) is 0 Å². The van der Waals surface area contributed by atoms with Gasteiger partial charge in [0.2, 0.25) is 0 Å². The van der Waals surface area contributed by atoms with E-state index in [1.54, 1.807) is 0 Å². The van der Waals surface area contributed by atoms with Gasteiger partial charge in [0.05, 0.1) is 11.0 Å². The zero-order chi connectivity index (χ0) is 41.0. The molecule has 0 aliphatic heterocycles. The van der Waals surface area contributed by atoms with Crippen LogP contribution in [0.3, 0.4) is 0 Å². The fraction of sp³-hybridized carbons (Fsp3) is 0. The second-order valence-electron chi connectivity index (χ2n) is 15.6. The second kappa shape index (κ2) is 14.9. The van der Waals surface area contributed by atoms with Gasteiger partial charge in [0, 0.05) is 53.3 Å². The number of nitrogens with zero attached hydrogens (tertiary/aromatic N) is 4. The molecule has 0 aliphatic rings. The lowest BCUT2D eigenvalue weighted by atomic mass is 9.96. The Bertz CT molecular complexity index is 3550. The summed E-state index contributed by atoms with van der Waals surface area (Å²) >= 11 is 1.85. The highest BCUT2D eigenvalue weighted by atomic mass is 32.1. The van der Waals surface area contributed by atoms with E-state index in [1.807, 2.05) is 47.7 Å². The molecule has 0 spiro atoms. The first kappa shape index (κ1) is 35.9. The number of fused-ring (bicyclic) bond motifs is 6. The van der Waals surface area contributed by atoms with Crippen molar-refractivity contribution in [2.45, 2.75) is 0 Å². The number of para-hydroxylation sites is 1. The Morgan fingerprint density at radius 2 is 0.758 bits per heavy atom. The van der Waals surface area contributed by atoms with E-state index in [0.717, 1.165) is 50.1 Å². The third kappa shape index (κ3) is 6.35. The van der Waals surface area contributed by atoms with Crippen LogP contribution in [0, 0.1) is 0 Å². The van der Waals surface area contributed by atoms with Crippen molar-refractivity contribution in [1.29, 1.82) is 0 Å². The molecule has 12 aromatic rings. The molecule has 0 N–H and O–H groups in total. The summed E-state index contributed by atoms with van der Waals surface area (Å²) in [5.74, 6) is 1.88. The molecule has 3 heterocycles. The van der Waals surface area contributed by atoms with Gasteiger partial charge in [-0.1, -0.05) is 170 Å². The van der Waals surface area contributed by atoms with E-state index in [9.17, 15) is 0 Å². The van der Waals surface area contributed by atoms with Crippen LogP contribution in [-0.2, 0) is 0 Å². The summed E-state index contributed by atoms with van der Waals surface area (Å²) in [5.41, 5.74) is 13.0. The zero-order valence-electron chi connectivity index (χ0n) is 33.5. The standard InChI is InChI=1S/C57H36N4S/c1-4-15-37(16-5-1)42-21-14-22-43(31-42)38-27-29-39(30-28-38)44-32-45(57-59-55(40-17-6-2-7-18-40)58-56(60-57)41-19-8-3-9-20-41)34-46(33-44)61-51-25-12-10-23-47(51)49-35-50-48-24-11-13-26-53(48)62-54(50)36-52(49)61/h1-36H. The molecule has 62 heavy (non-hydrogen) atoms. The summed E-state index contributed by atoms with van der Waals surface area (Å²) in [6.07, 6.45) is 0. The van der Waals surface area contributed by atoms with Crippen LogP contribution < -0.4 is 0 Å². The summed E-state index contributed by atoms with van der Waals surface area (Å²) in [4.78, 5) is 15.4. The van der Waals surface area contributed by atoms with Crippen molar-refractivity contribution in [3.05, 3.63) is 218 Å². The van der Waals surface area contributed by atoms with Crippen molar-refractivity contribution in [1.82, 2.24) is 19.5 Å². The maximum Gasteiger partial charge on any atom is 0.164 e. The minimum Gasteiger partial charge on any atom is -0.309 e. The molecule has 290 valence electrons. The van der Waals surface area contributed by atoms with Gasteiger partial charge in [-0.3, -0.25) is 0 Å². The van der Waals surface area contributed by atoms with Crippen molar-refractivity contribution >= 4 is 53.3 Å². The van der Waals surface area contributed by atoms with Gasteiger partial charge in [0.25, 0.3) is 0 Å². The van der Waals surface area contributed by atoms with E-state index >= 15 is 0 Å². The second-order valence-corrected chi connectivity index (χ2v) is 16.7. The monoisotopic (exact) mass is 808 g/mol. The Morgan fingerprint density at radius 3 is 1.42 bits per heavy atom. The number of hydrogen-bond acceptors (Lipinski definition) is 4. The lowest BCUT2D eigenvalue weighted by molar-refractivity contribution is 1.07. The van der Waals surface area contributed by atoms with Crippen LogP contribution in [-0.4, -0.2) is 19.5 Å². The Morgan fingerprint density at radius 1 is 0.274 bits per heavy atom. The normalized spacial score (nSPS) is 11.5. The number of aromatic nitrogens is 4. The van der Waals surface area contributed by atoms with Gasteiger partial charge in [0.15, 0.2) is 17.5 Å². The highest BCUT2D eigenvalue weighted by Crippen LogP contribution is 2.42. The lowest BCUT2D eigenvalue weighted by Gasteiger charge is -2.15. The van der Waals surface area contributed by atoms with Gasteiger partial charge in [-0.25, -0.2) is 15.0 Å². The molecule has 0 radical (unpaired) electrons. The van der Waals surface area contributed by atoms with Crippen LogP contribution in [0.15, 0.2) is 218 Å². The SMILES string of the molecule is c1ccc(-c2cccc(-c3ccc(-c4cc(-c5nc(-c6ccccc6)nc(-c6ccccc6)n5)cc(-n5c6ccccc6c6cc7c(cc65)sc5ccccc57)c4)cc3)c2)cc1. The van der Waals surface area contributed by atoms with Gasteiger partial charge in [0.1, 0.15) is 0 Å². The van der Waals surface area contributed by atoms with E-state index < -0.39 is 0 Å². The smallest absolute Gasteiger partial charge is 0.164 e. The van der Waals surface area contributed by atoms with E-state index in [4.69, 9.17) is 15.0 Å². The molecule has 0 unspecified atom stereocenters. The molecule has 9 aromatic carbocycles. The quantitative estimate of drug-likeness (QED) is 0.161. The molecule has 0 bridgehead atoms. The van der Waals surface area contributed by atoms with Gasteiger partial charge in [-0.15, -0.1) is 11.3 Å². The van der Waals surface area contributed by atoms with Crippen molar-refractivity contribution in [2.75, 3.05) is 0 Å². The van der Waals surface area contributed by atoms with Gasteiger partial charge in [-0.2, -0.15) is 0 Å². The van der Waals surface area contributed by atoms with Crippen LogP contribution in [0.2, 0.25) is 0 Å². The summed E-state index contributed by atoms with van der Waals surface area (Å²) in [5, 5.41) is 5.02. The average Bonchev–Trinajstić information content (AvgIpc) is 3.88. The summed E-state index contributed by atoms with van der Waals surface area (Å²) in [6, 6.07) is 77.6. The summed E-state index contributed by atoms with van der Waals surface area (Å²) in [7, 11) is 0. The fourth-order valence-electron chi connectivity index (χ4n) is 8.80. The van der Waals surface area contributed by atoms with Gasteiger partial charge < -0.3 is 4.57 Å². The summed E-state index contributed by atoms with van der Waals surface area (Å²) in [6.45, 7) is 0. The van der Waals surface area contributed by atoms with E-state index in [0.29, 0.717) is 17.5 Å². The van der Waals surface area contributed by atoms with E-state index in [-0.39, 0.29) is 0 Å². The average molecular weight is 809 g/mol. The molecular weight excluding hydrogens is 773 g/mol. The lowest BCUT2D eigenvalue weighted by Crippen LogP contribution is -2.01. The number of rotatable bonds is 7. The van der Waals surface area contributed by atoms with Crippen LogP contribution >= 0.6 is 11.3 Å². The first-order chi connectivity index (χ1) is 30.7. The van der Waals surface area contributed by atoms with Crippen molar-refractivity contribution in [2.24, 2.45) is 0 Å². The minimum atomic E-state index is 0.614. The Labute approximate surface area is 362 Å². The third-order valence-electron chi connectivity index (χ3n) is 11.8. The van der Waals surface area contributed by atoms with Crippen LogP contribution in [0.25, 0.3) is 115 Å². The molecular formula is C57H36N4S. The maximum absolute atomic E-state index is 5.20. The maximum atomic E-state index is 5.20. The van der Waals surface area contributed by atoms with Crippen molar-refractivity contribution < 1.29 is 0 Å².